The highest BCUT2D eigenvalue weighted by atomic mass is 79.9. The Hall–Kier alpha value is -0.700. The Balaban J connectivity index is 2.53. The van der Waals surface area contributed by atoms with Gasteiger partial charge in [0.1, 0.15) is 5.83 Å². The van der Waals surface area contributed by atoms with E-state index in [1.165, 1.54) is 6.08 Å². The zero-order chi connectivity index (χ0) is 8.72. The molecule has 0 aromatic carbocycles. The average molecular weight is 228 g/mol. The highest BCUT2D eigenvalue weighted by molar-refractivity contribution is 9.11. The van der Waals surface area contributed by atoms with Crippen LogP contribution in [-0.4, -0.2) is 5.71 Å². The van der Waals surface area contributed by atoms with Crippen LogP contribution in [0.1, 0.15) is 6.92 Å². The van der Waals surface area contributed by atoms with Crippen molar-refractivity contribution in [3.63, 3.8) is 0 Å². The monoisotopic (exact) mass is 227 g/mol. The van der Waals surface area contributed by atoms with Gasteiger partial charge in [-0.2, -0.15) is 0 Å². The molecule has 0 radical (unpaired) electrons. The van der Waals surface area contributed by atoms with Gasteiger partial charge in [-0.05, 0) is 18.6 Å². The highest BCUT2D eigenvalue weighted by Gasteiger charge is 2.27. The first-order valence-corrected chi connectivity index (χ1v) is 4.47. The Morgan fingerprint density at radius 1 is 1.58 bits per heavy atom. The van der Waals surface area contributed by atoms with Crippen molar-refractivity contribution in [2.75, 3.05) is 0 Å². The van der Waals surface area contributed by atoms with Crippen molar-refractivity contribution in [1.82, 2.24) is 0 Å². The maximum Gasteiger partial charge on any atom is 0.145 e. The molecule has 0 saturated carbocycles. The van der Waals surface area contributed by atoms with E-state index in [2.05, 4.69) is 20.9 Å². The first-order valence-electron chi connectivity index (χ1n) is 3.68. The van der Waals surface area contributed by atoms with Crippen LogP contribution >= 0.6 is 15.9 Å². The third kappa shape index (κ3) is 1.00. The lowest BCUT2D eigenvalue weighted by molar-refractivity contribution is 0.670. The van der Waals surface area contributed by atoms with Crippen molar-refractivity contribution in [1.29, 1.82) is 0 Å². The molecule has 1 atom stereocenters. The maximum atomic E-state index is 13.2. The lowest BCUT2D eigenvalue weighted by atomic mass is 9.95. The van der Waals surface area contributed by atoms with E-state index in [1.54, 1.807) is 6.20 Å². The van der Waals surface area contributed by atoms with E-state index in [-0.39, 0.29) is 11.7 Å². The van der Waals surface area contributed by atoms with E-state index in [0.29, 0.717) is 5.71 Å². The summed E-state index contributed by atoms with van der Waals surface area (Å²) < 4.78 is 14.2. The van der Waals surface area contributed by atoms with Gasteiger partial charge in [0.2, 0.25) is 0 Å². The fourth-order valence-electron chi connectivity index (χ4n) is 1.37. The molecule has 0 aromatic rings. The molecule has 0 amide bonds. The minimum atomic E-state index is -0.217. The molecule has 0 bridgehead atoms. The molecule has 62 valence electrons. The molecule has 0 N–H and O–H groups in total. The third-order valence-electron chi connectivity index (χ3n) is 2.02. The fourth-order valence-corrected chi connectivity index (χ4v) is 1.86. The Morgan fingerprint density at radius 2 is 2.33 bits per heavy atom. The summed E-state index contributed by atoms with van der Waals surface area (Å²) in [4.78, 5) is 3.95. The van der Waals surface area contributed by atoms with E-state index in [9.17, 15) is 4.39 Å². The predicted octanol–water partition coefficient (Wildman–Crippen LogP) is 3.11. The quantitative estimate of drug-likeness (QED) is 0.604. The Kier molecular flexibility index (Phi) is 1.76. The van der Waals surface area contributed by atoms with Gasteiger partial charge in [0, 0.05) is 10.7 Å². The number of aliphatic imine (C=N–C) groups is 1. The largest absolute Gasteiger partial charge is 0.258 e. The molecule has 2 aliphatic rings. The fraction of sp³-hybridized carbons (Fsp3) is 0.222. The van der Waals surface area contributed by atoms with Crippen LogP contribution < -0.4 is 0 Å². The molecule has 0 saturated heterocycles. The van der Waals surface area contributed by atoms with Crippen LogP contribution in [0, 0.1) is 5.92 Å². The van der Waals surface area contributed by atoms with Gasteiger partial charge in [0.25, 0.3) is 0 Å². The number of rotatable bonds is 0. The van der Waals surface area contributed by atoms with Crippen LogP contribution in [0.2, 0.25) is 0 Å². The van der Waals surface area contributed by atoms with Gasteiger partial charge >= 0.3 is 0 Å². The number of halogens is 2. The summed E-state index contributed by atoms with van der Waals surface area (Å²) in [6, 6.07) is 0. The summed E-state index contributed by atoms with van der Waals surface area (Å²) in [5.74, 6) is -0.208. The Labute approximate surface area is 78.5 Å². The van der Waals surface area contributed by atoms with Crippen molar-refractivity contribution in [2.24, 2.45) is 10.9 Å². The first kappa shape index (κ1) is 7.92. The Morgan fingerprint density at radius 3 is 3.08 bits per heavy atom. The van der Waals surface area contributed by atoms with Crippen LogP contribution in [-0.2, 0) is 0 Å². The summed E-state index contributed by atoms with van der Waals surface area (Å²) in [6.45, 7) is 1.88. The molecule has 0 fully saturated rings. The molecular formula is C9H7BrFN. The normalized spacial score (nSPS) is 27.1. The molecular weight excluding hydrogens is 221 g/mol. The van der Waals surface area contributed by atoms with Crippen molar-refractivity contribution in [2.45, 2.75) is 6.92 Å². The predicted molar refractivity (Wildman–Crippen MR) is 50.9 cm³/mol. The van der Waals surface area contributed by atoms with Gasteiger partial charge in [-0.1, -0.05) is 22.0 Å². The number of allylic oxidation sites excluding steroid dienone is 5. The summed E-state index contributed by atoms with van der Waals surface area (Å²) in [5.41, 5.74) is 1.45. The van der Waals surface area contributed by atoms with Crippen LogP contribution in [0.5, 0.6) is 0 Å². The Bertz CT molecular complexity index is 350. The molecule has 3 heteroatoms. The van der Waals surface area contributed by atoms with Crippen molar-refractivity contribution < 1.29 is 4.39 Å². The standard InChI is InChI=1S/C9H7BrFN/c1-5-4-7(11)9-6(8(5)10)2-3-12-9/h2-4,6H,1H3/t6-/m1/s1. The van der Waals surface area contributed by atoms with E-state index < -0.39 is 0 Å². The second kappa shape index (κ2) is 2.66. The van der Waals surface area contributed by atoms with Crippen molar-refractivity contribution in [3.8, 4) is 0 Å². The second-order valence-electron chi connectivity index (χ2n) is 2.86. The topological polar surface area (TPSA) is 12.4 Å². The second-order valence-corrected chi connectivity index (χ2v) is 3.71. The molecule has 2 rings (SSSR count). The van der Waals surface area contributed by atoms with Crippen molar-refractivity contribution >= 4 is 21.6 Å². The highest BCUT2D eigenvalue weighted by Crippen LogP contribution is 2.35. The van der Waals surface area contributed by atoms with Gasteiger partial charge in [-0.3, -0.25) is 4.99 Å². The minimum absolute atomic E-state index is 0.00926. The number of nitrogens with zero attached hydrogens (tertiary/aromatic N) is 1. The third-order valence-corrected chi connectivity index (χ3v) is 3.14. The molecule has 0 spiro atoms. The number of hydrogen-bond acceptors (Lipinski definition) is 1. The van der Waals surface area contributed by atoms with E-state index in [0.717, 1.165) is 10.1 Å². The van der Waals surface area contributed by atoms with Gasteiger partial charge in [0.05, 0.1) is 11.6 Å². The van der Waals surface area contributed by atoms with Crippen molar-refractivity contribution in [3.05, 3.63) is 34.2 Å². The van der Waals surface area contributed by atoms with Crippen LogP contribution in [0.3, 0.4) is 0 Å². The zero-order valence-corrected chi connectivity index (χ0v) is 8.10. The van der Waals surface area contributed by atoms with Gasteiger partial charge in [0.15, 0.2) is 0 Å². The van der Waals surface area contributed by atoms with E-state index in [1.807, 2.05) is 13.0 Å². The summed E-state index contributed by atoms with van der Waals surface area (Å²) >= 11 is 3.42. The van der Waals surface area contributed by atoms with Gasteiger partial charge in [-0.15, -0.1) is 0 Å². The molecule has 0 unspecified atom stereocenters. The minimum Gasteiger partial charge on any atom is -0.258 e. The first-order chi connectivity index (χ1) is 5.70. The maximum absolute atomic E-state index is 13.2. The summed E-state index contributed by atoms with van der Waals surface area (Å²) in [5, 5.41) is 0. The van der Waals surface area contributed by atoms with Gasteiger partial charge in [-0.25, -0.2) is 4.39 Å². The molecule has 1 nitrogen and oxygen atoms in total. The molecule has 0 aromatic heterocycles. The van der Waals surface area contributed by atoms with E-state index in [4.69, 9.17) is 0 Å². The summed E-state index contributed by atoms with van der Waals surface area (Å²) in [6.07, 6.45) is 5.04. The molecule has 12 heavy (non-hydrogen) atoms. The molecule has 1 aliphatic carbocycles. The van der Waals surface area contributed by atoms with Gasteiger partial charge < -0.3 is 0 Å². The zero-order valence-electron chi connectivity index (χ0n) is 6.51. The SMILES string of the molecule is CC1=C(Br)[C@H]2C=CN=C2C(F)=C1. The number of hydrogen-bond donors (Lipinski definition) is 0. The summed E-state index contributed by atoms with van der Waals surface area (Å²) in [7, 11) is 0. The number of fused-ring (bicyclic) bond motifs is 1. The van der Waals surface area contributed by atoms with Crippen LogP contribution in [0.15, 0.2) is 39.2 Å². The smallest absolute Gasteiger partial charge is 0.145 e. The lowest BCUT2D eigenvalue weighted by Gasteiger charge is -2.16. The van der Waals surface area contributed by atoms with Crippen LogP contribution in [0.4, 0.5) is 4.39 Å². The lowest BCUT2D eigenvalue weighted by Crippen LogP contribution is -2.14. The average Bonchev–Trinajstić information content (AvgIpc) is 2.48. The van der Waals surface area contributed by atoms with Crippen LogP contribution in [0.25, 0.3) is 0 Å². The van der Waals surface area contributed by atoms with E-state index >= 15 is 0 Å². The molecule has 1 aliphatic heterocycles. The molecule has 1 heterocycles.